The molecule has 2 aliphatic carbocycles. The minimum atomic E-state index is -0.895. The summed E-state index contributed by atoms with van der Waals surface area (Å²) in [7, 11) is 1.29. The van der Waals surface area contributed by atoms with E-state index in [4.69, 9.17) is 24.2 Å². The average molecular weight is 877 g/mol. The Bertz CT molecular complexity index is 2830. The third-order valence-corrected chi connectivity index (χ3v) is 14.1. The quantitative estimate of drug-likeness (QED) is 0.115. The van der Waals surface area contributed by atoms with Crippen LogP contribution in [-0.2, 0) is 30.3 Å². The number of nitrogens with one attached hydrogen (secondary N) is 4. The third-order valence-electron chi connectivity index (χ3n) is 14.1. The molecule has 4 aromatic carbocycles. The number of alkyl carbamates (subject to hydrolysis) is 1. The fourth-order valence-corrected chi connectivity index (χ4v) is 10.6. The van der Waals surface area contributed by atoms with Gasteiger partial charge < -0.3 is 44.2 Å². The molecule has 0 radical (unpaired) electrons. The van der Waals surface area contributed by atoms with Crippen molar-refractivity contribution < 1.29 is 33.4 Å². The zero-order valence-electron chi connectivity index (χ0n) is 35.6. The molecule has 4 N–H and O–H groups in total. The van der Waals surface area contributed by atoms with Crippen LogP contribution in [0.2, 0.25) is 0 Å². The molecule has 0 spiro atoms. The third kappa shape index (κ3) is 7.14. The number of piperidine rings is 2. The molecule has 17 heteroatoms. The fourth-order valence-electron chi connectivity index (χ4n) is 10.6. The smallest absolute Gasteiger partial charge is 0.407 e. The molecule has 17 nitrogen and oxygen atoms in total. The summed E-state index contributed by atoms with van der Waals surface area (Å²) in [5, 5.41) is 6.00. The van der Waals surface area contributed by atoms with Crippen molar-refractivity contribution in [3.63, 3.8) is 0 Å². The van der Waals surface area contributed by atoms with Gasteiger partial charge >= 0.3 is 12.1 Å². The molecule has 2 aromatic heterocycles. The fraction of sp³-hybridized carbons (Fsp3) is 0.375. The number of carbonyl (C=O) groups excluding carboxylic acids is 4. The van der Waals surface area contributed by atoms with E-state index in [2.05, 4.69) is 20.6 Å². The van der Waals surface area contributed by atoms with Gasteiger partial charge in [-0.3, -0.25) is 19.8 Å². The molecule has 6 aromatic rings. The van der Waals surface area contributed by atoms with Crippen LogP contribution in [0.15, 0.2) is 97.1 Å². The molecule has 5 amide bonds. The van der Waals surface area contributed by atoms with Gasteiger partial charge in [-0.25, -0.2) is 19.6 Å². The van der Waals surface area contributed by atoms with Crippen molar-refractivity contribution in [2.75, 3.05) is 31.9 Å². The second kappa shape index (κ2) is 15.7. The highest BCUT2D eigenvalue weighted by Gasteiger charge is 2.57. The van der Waals surface area contributed by atoms with E-state index in [1.807, 2.05) is 112 Å². The predicted octanol–water partition coefficient (Wildman–Crippen LogP) is 5.92. The highest BCUT2D eigenvalue weighted by atomic mass is 16.9. The average Bonchev–Trinajstić information content (AvgIpc) is 3.85. The van der Waals surface area contributed by atoms with Gasteiger partial charge in [-0.2, -0.15) is 0 Å². The number of urea groups is 1. The number of hydrogen-bond acceptors (Lipinski definition) is 10. The lowest BCUT2D eigenvalue weighted by Gasteiger charge is -2.35. The highest BCUT2D eigenvalue weighted by molar-refractivity contribution is 5.96. The highest BCUT2D eigenvalue weighted by Crippen LogP contribution is 2.55. The molecular weight excluding hydrogens is 829 g/mol. The van der Waals surface area contributed by atoms with Gasteiger partial charge in [0.1, 0.15) is 23.7 Å². The van der Waals surface area contributed by atoms with Crippen LogP contribution in [-0.4, -0.2) is 104 Å². The van der Waals surface area contributed by atoms with E-state index >= 15 is 0 Å². The van der Waals surface area contributed by atoms with E-state index in [0.717, 1.165) is 70.4 Å². The van der Waals surface area contributed by atoms with Crippen LogP contribution in [0.1, 0.15) is 78.2 Å². The van der Waals surface area contributed by atoms with Crippen molar-refractivity contribution in [2.45, 2.75) is 74.9 Å². The molecule has 4 saturated heterocycles. The number of aromatic amines is 2. The van der Waals surface area contributed by atoms with Crippen molar-refractivity contribution in [3.8, 4) is 0 Å². The number of likely N-dealkylation sites (tertiary alicyclic amines) is 2. The topological polar surface area (TPSA) is 190 Å². The summed E-state index contributed by atoms with van der Waals surface area (Å²) < 4.78 is 15.8. The van der Waals surface area contributed by atoms with Crippen molar-refractivity contribution >= 4 is 51.7 Å². The molecular formula is C48H48N10O7. The molecule has 6 aliphatic rings. The number of hydrogen-bond donors (Lipinski definition) is 4. The second-order valence-electron chi connectivity index (χ2n) is 18.0. The van der Waals surface area contributed by atoms with Crippen LogP contribution in [0.4, 0.5) is 15.3 Å². The molecule has 6 heterocycles. The van der Waals surface area contributed by atoms with Crippen LogP contribution in [0.3, 0.4) is 0 Å². The van der Waals surface area contributed by atoms with E-state index in [1.54, 1.807) is 4.90 Å². The zero-order valence-corrected chi connectivity index (χ0v) is 35.6. The Morgan fingerprint density at radius 3 is 1.92 bits per heavy atom. The number of ether oxygens (including phenoxy) is 3. The monoisotopic (exact) mass is 876 g/mol. The number of benzene rings is 4. The summed E-state index contributed by atoms with van der Waals surface area (Å²) in [5.41, 5.74) is 6.44. The van der Waals surface area contributed by atoms with E-state index in [1.165, 1.54) is 7.11 Å². The number of methoxy groups -OCH3 is 1. The summed E-state index contributed by atoms with van der Waals surface area (Å²) in [4.78, 5) is 79.5. The number of nitrogens with zero attached hydrogens (tertiary/aromatic N) is 6. The van der Waals surface area contributed by atoms with Crippen molar-refractivity contribution in [2.24, 2.45) is 11.8 Å². The molecule has 2 unspecified atom stereocenters. The number of imidazole rings is 2. The Labute approximate surface area is 373 Å². The van der Waals surface area contributed by atoms with Gasteiger partial charge in [-0.1, -0.05) is 66.7 Å². The first-order chi connectivity index (χ1) is 31.8. The number of H-pyrrole nitrogens is 2. The van der Waals surface area contributed by atoms with E-state index in [9.17, 15) is 19.2 Å². The second-order valence-corrected chi connectivity index (χ2v) is 18.0. The number of carbonyl (C=O) groups is 4. The first-order valence-corrected chi connectivity index (χ1v) is 22.4. The molecule has 12 rings (SSSR count). The van der Waals surface area contributed by atoms with Crippen molar-refractivity contribution in [1.82, 2.24) is 45.3 Å². The summed E-state index contributed by atoms with van der Waals surface area (Å²) in [6.45, 7) is 1.69. The summed E-state index contributed by atoms with van der Waals surface area (Å²) in [6.07, 6.45) is 2.21. The van der Waals surface area contributed by atoms with Crippen LogP contribution in [0, 0.1) is 11.8 Å². The molecule has 2 saturated carbocycles. The maximum absolute atomic E-state index is 14.4. The predicted molar refractivity (Wildman–Crippen MR) is 235 cm³/mol. The van der Waals surface area contributed by atoms with Crippen LogP contribution in [0.5, 0.6) is 0 Å². The largest absolute Gasteiger partial charge is 0.453 e. The van der Waals surface area contributed by atoms with Gasteiger partial charge in [0.25, 0.3) is 5.91 Å². The number of anilines is 1. The molecule has 332 valence electrons. The lowest BCUT2D eigenvalue weighted by Crippen LogP contribution is -2.50. The van der Waals surface area contributed by atoms with Crippen LogP contribution < -0.4 is 15.5 Å². The van der Waals surface area contributed by atoms with E-state index in [0.29, 0.717) is 42.9 Å². The first-order valence-electron chi connectivity index (χ1n) is 22.4. The van der Waals surface area contributed by atoms with E-state index < -0.39 is 24.6 Å². The molecule has 8 atom stereocenters. The Morgan fingerprint density at radius 1 is 0.738 bits per heavy atom. The summed E-state index contributed by atoms with van der Waals surface area (Å²) >= 11 is 0. The van der Waals surface area contributed by atoms with Gasteiger partial charge in [-0.15, -0.1) is 0 Å². The number of fused-ring (bicyclic) bond motifs is 4. The Kier molecular flexibility index (Phi) is 9.61. The van der Waals surface area contributed by atoms with Crippen LogP contribution >= 0.6 is 0 Å². The van der Waals surface area contributed by atoms with Gasteiger partial charge in [0.05, 0.1) is 41.3 Å². The lowest BCUT2D eigenvalue weighted by atomic mass is 10.0. The lowest BCUT2D eigenvalue weighted by molar-refractivity contribution is -0.335. The Morgan fingerprint density at radius 2 is 1.32 bits per heavy atom. The molecule has 6 fully saturated rings. The first kappa shape index (κ1) is 39.7. The SMILES string of the molecule is COC(=O)N[C@@H](C(=O)N1C2C[C@@H]2C[C@H]1c1nc2ccc(CN3CCN(c4ccc5nc([C@@H]6CC7C[C@H]7N6C(=O)[C@H](NC6OCO6)c6ccccc6)[nH]c5c4)C3=O)cc2[nH]1)c1ccccc1. The summed E-state index contributed by atoms with van der Waals surface area (Å²) in [6, 6.07) is 28.9. The van der Waals surface area contributed by atoms with E-state index in [-0.39, 0.29) is 48.8 Å². The van der Waals surface area contributed by atoms with Gasteiger partial charge in [0.15, 0.2) is 6.79 Å². The molecule has 65 heavy (non-hydrogen) atoms. The van der Waals surface area contributed by atoms with Gasteiger partial charge in [0.2, 0.25) is 12.3 Å². The maximum Gasteiger partial charge on any atom is 0.407 e. The molecule has 4 aliphatic heterocycles. The number of amides is 5. The minimum Gasteiger partial charge on any atom is -0.453 e. The van der Waals surface area contributed by atoms with Crippen LogP contribution in [0.25, 0.3) is 22.1 Å². The minimum absolute atomic E-state index is 0.0337. The van der Waals surface area contributed by atoms with Gasteiger partial charge in [0, 0.05) is 37.4 Å². The number of rotatable bonds is 12. The van der Waals surface area contributed by atoms with Crippen molar-refractivity contribution in [3.05, 3.63) is 125 Å². The maximum atomic E-state index is 14.4. The normalized spacial score (nSPS) is 25.4. The van der Waals surface area contributed by atoms with Crippen molar-refractivity contribution in [1.29, 1.82) is 0 Å². The molecule has 0 bridgehead atoms. The van der Waals surface area contributed by atoms with Gasteiger partial charge in [-0.05, 0) is 84.5 Å². The Hall–Kier alpha value is -6.82. The standard InChI is InChI=1S/C48H48N10O7/c1-63-46(61)53-40(27-8-4-2-5-9-27)44(59)57-36-19-29(36)21-38(57)42-49-32-14-12-26(18-34(32)51-42)24-55-16-17-56(48(55)62)31-13-15-33-35(23-31)52-43(50-33)39-22-30-20-37(30)58(39)45(60)41(54-47-64-25-65-47)28-10-6-3-7-11-28/h2-15,18,23,29-30,36-41,47,54H,16-17,19-22,24-25H2,1H3,(H,49,51)(H,50,52)(H,53,61)/t29-,30?,36?,37-,38+,39+,40-,41-/m1/s1. The zero-order chi connectivity index (χ0) is 43.9. The summed E-state index contributed by atoms with van der Waals surface area (Å²) in [5.74, 6) is 2.03. The Balaban J connectivity index is 0.735. The number of aromatic nitrogens is 4.